The van der Waals surface area contributed by atoms with Crippen LogP contribution in [0.3, 0.4) is 0 Å². The first-order valence-corrected chi connectivity index (χ1v) is 14.6. The molecular weight excluding hydrogens is 501 g/mol. The maximum atomic E-state index is 12.2. The molecule has 0 spiro atoms. The fourth-order valence-electron chi connectivity index (χ4n) is 4.80. The Morgan fingerprint density at radius 1 is 0.972 bits per heavy atom. The number of aryl methyl sites for hydroxylation is 1. The topological polar surface area (TPSA) is 103 Å². The van der Waals surface area contributed by atoms with Crippen molar-refractivity contribution in [2.75, 3.05) is 49.3 Å². The summed E-state index contributed by atoms with van der Waals surface area (Å²) in [7, 11) is -4.86. The number of amides is 1. The van der Waals surface area contributed by atoms with Crippen LogP contribution in [0.4, 0.5) is 11.4 Å². The number of fused-ring (bicyclic) bond motifs is 2. The fourth-order valence-corrected chi connectivity index (χ4v) is 6.00. The number of rotatable bonds is 9. The minimum absolute atomic E-state index is 0.130. The van der Waals surface area contributed by atoms with E-state index in [9.17, 15) is 9.36 Å². The van der Waals surface area contributed by atoms with E-state index in [1.807, 2.05) is 12.1 Å². The van der Waals surface area contributed by atoms with Crippen molar-refractivity contribution < 1.29 is 28.5 Å². The number of unbranched alkanes of at least 4 members (excludes halogenated alkanes) is 1. The predicted octanol–water partition coefficient (Wildman–Crippen LogP) is 4.19. The van der Waals surface area contributed by atoms with Gasteiger partial charge in [0, 0.05) is 54.4 Å². The Bertz CT molecular complexity index is 1270. The van der Waals surface area contributed by atoms with E-state index in [1.54, 1.807) is 17.4 Å². The van der Waals surface area contributed by atoms with Crippen molar-refractivity contribution in [1.82, 2.24) is 4.90 Å². The number of nitrogens with zero attached hydrogens (tertiary/aromatic N) is 3. The second kappa shape index (κ2) is 10.9. The van der Waals surface area contributed by atoms with Crippen molar-refractivity contribution >= 4 is 46.5 Å². The van der Waals surface area contributed by atoms with E-state index < -0.39 is 13.7 Å². The number of carbonyl (C=O) groups excluding carboxylic acids is 1. The van der Waals surface area contributed by atoms with Crippen LogP contribution in [0, 0.1) is 0 Å². The first kappa shape index (κ1) is 25.2. The minimum Gasteiger partial charge on any atom is -0.494 e. The van der Waals surface area contributed by atoms with Crippen molar-refractivity contribution in [2.24, 2.45) is 0 Å². The average Bonchev–Trinajstić information content (AvgIpc) is 3.35. The fraction of sp³-hybridized carbons (Fsp3) is 0.400. The van der Waals surface area contributed by atoms with Crippen LogP contribution < -0.4 is 14.7 Å². The minimum atomic E-state index is -4.86. The molecule has 3 heterocycles. The van der Waals surface area contributed by atoms with Crippen LogP contribution in [-0.2, 0) is 20.4 Å². The monoisotopic (exact) mass is 531 g/mol. The molecule has 0 unspecified atom stereocenters. The highest BCUT2D eigenvalue weighted by atomic mass is 32.1. The lowest BCUT2D eigenvalue weighted by Crippen LogP contribution is -2.46. The number of thiophene rings is 1. The predicted molar refractivity (Wildman–Crippen MR) is 141 cm³/mol. The summed E-state index contributed by atoms with van der Waals surface area (Å²) < 4.78 is 23.1. The lowest BCUT2D eigenvalue weighted by atomic mass is 10.0. The Hall–Kier alpha value is -2.46. The van der Waals surface area contributed by atoms with Gasteiger partial charge < -0.3 is 19.4 Å². The maximum absolute atomic E-state index is 12.2. The molecule has 0 bridgehead atoms. The molecule has 2 aromatic carbocycles. The zero-order chi connectivity index (χ0) is 25.1. The first-order valence-electron chi connectivity index (χ1n) is 12.1. The first-order chi connectivity index (χ1) is 17.4. The van der Waals surface area contributed by atoms with Crippen LogP contribution in [0.15, 0.2) is 47.8 Å². The summed E-state index contributed by atoms with van der Waals surface area (Å²) >= 11 is 1.79. The molecule has 1 fully saturated rings. The number of hydrogen-bond donors (Lipinski definition) is 2. The van der Waals surface area contributed by atoms with Gasteiger partial charge in [-0.25, -0.2) is 4.57 Å². The van der Waals surface area contributed by atoms with E-state index in [0.717, 1.165) is 51.1 Å². The van der Waals surface area contributed by atoms with Crippen molar-refractivity contribution in [3.8, 4) is 5.75 Å². The number of hydrogen-bond acceptors (Lipinski definition) is 7. The van der Waals surface area contributed by atoms with Crippen molar-refractivity contribution in [2.45, 2.75) is 25.7 Å². The van der Waals surface area contributed by atoms with Gasteiger partial charge in [0.25, 0.3) is 5.91 Å². The third kappa shape index (κ3) is 5.91. The second-order valence-corrected chi connectivity index (χ2v) is 11.1. The number of benzene rings is 2. The highest BCUT2D eigenvalue weighted by Crippen LogP contribution is 2.42. The quantitative estimate of drug-likeness (QED) is 0.313. The van der Waals surface area contributed by atoms with E-state index >= 15 is 0 Å². The highest BCUT2D eigenvalue weighted by Gasteiger charge is 2.31. The molecular formula is C25H30N3O6PS. The Morgan fingerprint density at radius 2 is 1.81 bits per heavy atom. The van der Waals surface area contributed by atoms with Gasteiger partial charge in [-0.2, -0.15) is 9.69 Å². The second-order valence-electron chi connectivity index (χ2n) is 9.04. The molecule has 1 aromatic heterocycles. The van der Waals surface area contributed by atoms with Crippen molar-refractivity contribution in [3.63, 3.8) is 0 Å². The average molecular weight is 532 g/mol. The maximum Gasteiger partial charge on any atom is 0.491 e. The normalized spacial score (nSPS) is 17.0. The summed E-state index contributed by atoms with van der Waals surface area (Å²) in [6.07, 6.45) is 2.51. The molecule has 9 nitrogen and oxygen atoms in total. The molecule has 11 heteroatoms. The van der Waals surface area contributed by atoms with Crippen LogP contribution in [0.2, 0.25) is 0 Å². The third-order valence-corrected chi connectivity index (χ3v) is 7.88. The molecule has 192 valence electrons. The number of piperazine rings is 1. The SMILES string of the molecule is O=C1CCc2ccc(OCCCCN3CCN(c4cccc5sccc45)CC3)cc2N1OP(=O)(O)O. The standard InChI is InChI=1S/C25H30N3O6PS/c29-25-9-7-19-6-8-20(18-23(19)28(25)34-35(30,31)32)33-16-2-1-11-26-12-14-27(15-13-26)22-4-3-5-24-21(22)10-17-36-24/h3-6,8,10,17-18H,1-2,7,9,11-16H2,(H2,30,31,32). The van der Waals surface area contributed by atoms with Crippen molar-refractivity contribution in [1.29, 1.82) is 0 Å². The number of anilines is 2. The summed E-state index contributed by atoms with van der Waals surface area (Å²) in [5, 5.41) is 4.20. The van der Waals surface area contributed by atoms with Gasteiger partial charge in [-0.15, -0.1) is 11.3 Å². The largest absolute Gasteiger partial charge is 0.494 e. The summed E-state index contributed by atoms with van der Waals surface area (Å²) in [4.78, 5) is 35.4. The van der Waals surface area contributed by atoms with Gasteiger partial charge in [-0.1, -0.05) is 12.1 Å². The van der Waals surface area contributed by atoms with E-state index in [4.69, 9.17) is 14.5 Å². The van der Waals surface area contributed by atoms with E-state index in [2.05, 4.69) is 44.1 Å². The Morgan fingerprint density at radius 3 is 2.61 bits per heavy atom. The smallest absolute Gasteiger partial charge is 0.491 e. The lowest BCUT2D eigenvalue weighted by Gasteiger charge is -2.36. The van der Waals surface area contributed by atoms with E-state index in [0.29, 0.717) is 29.5 Å². The Kier molecular flexibility index (Phi) is 7.62. The van der Waals surface area contributed by atoms with Crippen LogP contribution in [-0.4, -0.2) is 59.9 Å². The summed E-state index contributed by atoms with van der Waals surface area (Å²) in [5.74, 6) is 0.0501. The van der Waals surface area contributed by atoms with Crippen molar-refractivity contribution in [3.05, 3.63) is 53.4 Å². The summed E-state index contributed by atoms with van der Waals surface area (Å²) in [6, 6.07) is 14.0. The van der Waals surface area contributed by atoms with Gasteiger partial charge >= 0.3 is 7.82 Å². The van der Waals surface area contributed by atoms with Gasteiger partial charge in [-0.05, 0) is 61.0 Å². The zero-order valence-electron chi connectivity index (χ0n) is 19.9. The van der Waals surface area contributed by atoms with Gasteiger partial charge in [-0.3, -0.25) is 9.69 Å². The summed E-state index contributed by atoms with van der Waals surface area (Å²) in [5.41, 5.74) is 2.44. The molecule has 0 saturated carbocycles. The molecule has 1 amide bonds. The van der Waals surface area contributed by atoms with Gasteiger partial charge in [0.05, 0.1) is 12.3 Å². The molecule has 1 saturated heterocycles. The molecule has 3 aromatic rings. The highest BCUT2D eigenvalue weighted by molar-refractivity contribution is 7.46. The molecule has 2 aliphatic heterocycles. The number of ether oxygens (including phenoxy) is 1. The third-order valence-electron chi connectivity index (χ3n) is 6.62. The van der Waals surface area contributed by atoms with Crippen LogP contribution in [0.25, 0.3) is 10.1 Å². The zero-order valence-corrected chi connectivity index (χ0v) is 21.6. The van der Waals surface area contributed by atoms with E-state index in [-0.39, 0.29) is 6.42 Å². The molecule has 5 rings (SSSR count). The summed E-state index contributed by atoms with van der Waals surface area (Å²) in [6.45, 7) is 5.65. The van der Waals surface area contributed by atoms with E-state index in [1.165, 1.54) is 15.8 Å². The van der Waals surface area contributed by atoms with Crippen LogP contribution in [0.1, 0.15) is 24.8 Å². The van der Waals surface area contributed by atoms with Gasteiger partial charge in [0.2, 0.25) is 0 Å². The molecule has 0 atom stereocenters. The van der Waals surface area contributed by atoms with Crippen LogP contribution in [0.5, 0.6) is 5.75 Å². The Balaban J connectivity index is 1.07. The lowest BCUT2D eigenvalue weighted by molar-refractivity contribution is -0.123. The van der Waals surface area contributed by atoms with Crippen LogP contribution >= 0.6 is 19.2 Å². The number of carbonyl (C=O) groups is 1. The van der Waals surface area contributed by atoms with Gasteiger partial charge in [0.1, 0.15) is 5.75 Å². The Labute approximate surface area is 214 Å². The number of hydroxylamine groups is 1. The molecule has 0 aliphatic carbocycles. The molecule has 0 radical (unpaired) electrons. The molecule has 2 aliphatic rings. The number of phosphoric acid groups is 1. The van der Waals surface area contributed by atoms with Gasteiger partial charge in [0.15, 0.2) is 0 Å². The molecule has 2 N–H and O–H groups in total. The molecule has 36 heavy (non-hydrogen) atoms.